The Hall–Kier alpha value is -2.66. The first-order valence-electron chi connectivity index (χ1n) is 9.17. The van der Waals surface area contributed by atoms with Gasteiger partial charge >= 0.3 is 5.97 Å². The van der Waals surface area contributed by atoms with Crippen LogP contribution in [-0.2, 0) is 16.1 Å². The van der Waals surface area contributed by atoms with E-state index in [0.29, 0.717) is 6.42 Å². The van der Waals surface area contributed by atoms with Crippen molar-refractivity contribution in [2.45, 2.75) is 45.7 Å². The van der Waals surface area contributed by atoms with Crippen LogP contribution < -0.4 is 5.73 Å². The van der Waals surface area contributed by atoms with Crippen LogP contribution in [0.25, 0.3) is 5.57 Å². The number of rotatable bonds is 11. The molecule has 5 heteroatoms. The fourth-order valence-electron chi connectivity index (χ4n) is 2.84. The van der Waals surface area contributed by atoms with E-state index < -0.39 is 5.97 Å². The number of carboxylic acid groups (broad SMARTS) is 1. The molecule has 0 bridgehead atoms. The van der Waals surface area contributed by atoms with Gasteiger partial charge in [-0.1, -0.05) is 62.9 Å². The van der Waals surface area contributed by atoms with Gasteiger partial charge < -0.3 is 15.7 Å². The van der Waals surface area contributed by atoms with Gasteiger partial charge in [0.2, 0.25) is 5.91 Å². The normalized spacial score (nSPS) is 12.7. The van der Waals surface area contributed by atoms with Crippen molar-refractivity contribution in [2.24, 2.45) is 5.73 Å². The standard InChI is InChI=1S/C22H30N2O3/c1-5-8-9-21(25)24(15-22(26)27)14-17-10-12-18(13-11-17)20(7-3)19(6-2)16(4)23/h6-7,10-13,16H,2-3,5,8-9,14-15,23H2,1,4H3,(H,26,27)/b20-19-. The molecule has 3 N–H and O–H groups in total. The summed E-state index contributed by atoms with van der Waals surface area (Å²) in [6.45, 7) is 11.5. The molecule has 1 rings (SSSR count). The van der Waals surface area contributed by atoms with Gasteiger partial charge in [0.1, 0.15) is 6.54 Å². The monoisotopic (exact) mass is 370 g/mol. The number of hydrogen-bond donors (Lipinski definition) is 2. The third kappa shape index (κ3) is 6.87. The van der Waals surface area contributed by atoms with E-state index in [1.54, 1.807) is 12.2 Å². The molecule has 1 atom stereocenters. The van der Waals surface area contributed by atoms with Crippen molar-refractivity contribution in [1.29, 1.82) is 0 Å². The van der Waals surface area contributed by atoms with Crippen LogP contribution in [0, 0.1) is 0 Å². The molecule has 0 aliphatic carbocycles. The van der Waals surface area contributed by atoms with Crippen LogP contribution in [-0.4, -0.2) is 34.5 Å². The van der Waals surface area contributed by atoms with E-state index in [4.69, 9.17) is 10.8 Å². The van der Waals surface area contributed by atoms with E-state index in [-0.39, 0.29) is 25.0 Å². The number of nitrogens with two attached hydrogens (primary N) is 1. The zero-order valence-electron chi connectivity index (χ0n) is 16.3. The number of carbonyl (C=O) groups excluding carboxylic acids is 1. The van der Waals surface area contributed by atoms with Crippen LogP contribution in [0.3, 0.4) is 0 Å². The van der Waals surface area contributed by atoms with Gasteiger partial charge in [-0.15, -0.1) is 0 Å². The SMILES string of the molecule is C=C/C(=C(\C=C)C(C)N)c1ccc(CN(CC(=O)O)C(=O)CCCC)cc1. The van der Waals surface area contributed by atoms with Crippen molar-refractivity contribution < 1.29 is 14.7 Å². The van der Waals surface area contributed by atoms with Crippen molar-refractivity contribution in [1.82, 2.24) is 4.90 Å². The maximum Gasteiger partial charge on any atom is 0.323 e. The molecule has 0 spiro atoms. The third-order valence-electron chi connectivity index (χ3n) is 4.29. The van der Waals surface area contributed by atoms with Crippen molar-refractivity contribution in [3.05, 3.63) is 66.3 Å². The summed E-state index contributed by atoms with van der Waals surface area (Å²) in [5, 5.41) is 9.09. The predicted molar refractivity (Wildman–Crippen MR) is 110 cm³/mol. The lowest BCUT2D eigenvalue weighted by molar-refractivity contribution is -0.144. The lowest BCUT2D eigenvalue weighted by atomic mass is 9.95. The fourth-order valence-corrected chi connectivity index (χ4v) is 2.84. The Labute approximate surface area is 161 Å². The Kier molecular flexibility index (Phi) is 9.23. The molecule has 146 valence electrons. The predicted octanol–water partition coefficient (Wildman–Crippen LogP) is 3.76. The molecule has 0 aromatic heterocycles. The molecule has 1 unspecified atom stereocenters. The zero-order chi connectivity index (χ0) is 20.4. The summed E-state index contributed by atoms with van der Waals surface area (Å²) in [6, 6.07) is 7.46. The summed E-state index contributed by atoms with van der Waals surface area (Å²) in [5.74, 6) is -1.15. The van der Waals surface area contributed by atoms with Crippen LogP contribution in [0.4, 0.5) is 0 Å². The maximum atomic E-state index is 12.3. The highest BCUT2D eigenvalue weighted by atomic mass is 16.4. The first kappa shape index (κ1) is 22.4. The third-order valence-corrected chi connectivity index (χ3v) is 4.29. The van der Waals surface area contributed by atoms with Crippen molar-refractivity contribution >= 4 is 17.4 Å². The van der Waals surface area contributed by atoms with E-state index in [1.807, 2.05) is 38.1 Å². The molecule has 5 nitrogen and oxygen atoms in total. The Morgan fingerprint density at radius 1 is 1.22 bits per heavy atom. The van der Waals surface area contributed by atoms with Gasteiger partial charge in [-0.05, 0) is 35.6 Å². The molecule has 0 fully saturated rings. The second-order valence-electron chi connectivity index (χ2n) is 6.51. The summed E-state index contributed by atoms with van der Waals surface area (Å²) in [5.41, 5.74) is 9.63. The smallest absolute Gasteiger partial charge is 0.323 e. The van der Waals surface area contributed by atoms with Crippen LogP contribution >= 0.6 is 0 Å². The van der Waals surface area contributed by atoms with Gasteiger partial charge in [0.05, 0.1) is 0 Å². The largest absolute Gasteiger partial charge is 0.480 e. The lowest BCUT2D eigenvalue weighted by Gasteiger charge is -2.21. The minimum Gasteiger partial charge on any atom is -0.480 e. The zero-order valence-corrected chi connectivity index (χ0v) is 16.3. The van der Waals surface area contributed by atoms with E-state index in [2.05, 4.69) is 13.2 Å². The van der Waals surface area contributed by atoms with Crippen LogP contribution in [0.1, 0.15) is 44.2 Å². The molecule has 1 amide bonds. The quantitative estimate of drug-likeness (QED) is 0.581. The Balaban J connectivity index is 3.04. The van der Waals surface area contributed by atoms with E-state index in [9.17, 15) is 9.59 Å². The molecule has 0 heterocycles. The van der Waals surface area contributed by atoms with Crippen molar-refractivity contribution in [3.63, 3.8) is 0 Å². The highest BCUT2D eigenvalue weighted by Gasteiger charge is 2.17. The van der Waals surface area contributed by atoms with Crippen LogP contribution in [0.2, 0.25) is 0 Å². The number of hydrogen-bond acceptors (Lipinski definition) is 3. The molecule has 0 saturated heterocycles. The summed E-state index contributed by atoms with van der Waals surface area (Å²) in [7, 11) is 0. The summed E-state index contributed by atoms with van der Waals surface area (Å²) < 4.78 is 0. The topological polar surface area (TPSA) is 83.6 Å². The second kappa shape index (κ2) is 11.1. The number of aliphatic carboxylic acids is 1. The maximum absolute atomic E-state index is 12.3. The van der Waals surface area contributed by atoms with Gasteiger partial charge in [-0.2, -0.15) is 0 Å². The number of carboxylic acids is 1. The average molecular weight is 370 g/mol. The number of allylic oxidation sites excluding steroid dienone is 2. The summed E-state index contributed by atoms with van der Waals surface area (Å²) in [4.78, 5) is 24.8. The van der Waals surface area contributed by atoms with Gasteiger partial charge in [0, 0.05) is 19.0 Å². The lowest BCUT2D eigenvalue weighted by Crippen LogP contribution is -2.35. The molecule has 1 aromatic carbocycles. The Morgan fingerprint density at radius 2 is 1.85 bits per heavy atom. The average Bonchev–Trinajstić information content (AvgIpc) is 2.63. The first-order chi connectivity index (χ1) is 12.8. The number of nitrogens with zero attached hydrogens (tertiary/aromatic N) is 1. The van der Waals surface area contributed by atoms with Gasteiger partial charge in [0.25, 0.3) is 0 Å². The molecule has 0 saturated carbocycles. The summed E-state index contributed by atoms with van der Waals surface area (Å²) in [6.07, 6.45) is 5.49. The van der Waals surface area contributed by atoms with Crippen LogP contribution in [0.5, 0.6) is 0 Å². The van der Waals surface area contributed by atoms with Crippen LogP contribution in [0.15, 0.2) is 55.1 Å². The second-order valence-corrected chi connectivity index (χ2v) is 6.51. The molecule has 0 radical (unpaired) electrons. The van der Waals surface area contributed by atoms with E-state index in [1.165, 1.54) is 4.90 Å². The van der Waals surface area contributed by atoms with Gasteiger partial charge in [-0.3, -0.25) is 9.59 Å². The van der Waals surface area contributed by atoms with Crippen molar-refractivity contribution in [2.75, 3.05) is 6.54 Å². The minimum absolute atomic E-state index is 0.138. The van der Waals surface area contributed by atoms with Crippen molar-refractivity contribution in [3.8, 4) is 0 Å². The number of unbranched alkanes of at least 4 members (excludes halogenated alkanes) is 1. The number of amides is 1. The molecular formula is C22H30N2O3. The minimum atomic E-state index is -1.01. The number of carbonyl (C=O) groups is 2. The summed E-state index contributed by atoms with van der Waals surface area (Å²) >= 11 is 0. The van der Waals surface area contributed by atoms with Gasteiger partial charge in [0.15, 0.2) is 0 Å². The molecule has 27 heavy (non-hydrogen) atoms. The van der Waals surface area contributed by atoms with E-state index in [0.717, 1.165) is 35.1 Å². The fraction of sp³-hybridized carbons (Fsp3) is 0.364. The first-order valence-corrected chi connectivity index (χ1v) is 9.17. The van der Waals surface area contributed by atoms with Gasteiger partial charge in [-0.25, -0.2) is 0 Å². The van der Waals surface area contributed by atoms with E-state index >= 15 is 0 Å². The highest BCUT2D eigenvalue weighted by molar-refractivity contribution is 5.81. The molecule has 0 aliphatic heterocycles. The Morgan fingerprint density at radius 3 is 2.30 bits per heavy atom. The number of benzene rings is 1. The highest BCUT2D eigenvalue weighted by Crippen LogP contribution is 2.23. The molecule has 0 aliphatic rings. The molecule has 1 aromatic rings. The Bertz CT molecular complexity index is 703. The molecular weight excluding hydrogens is 340 g/mol.